The van der Waals surface area contributed by atoms with E-state index in [2.05, 4.69) is 14.7 Å². The smallest absolute Gasteiger partial charge is 0.362 e. The number of nitrogens with zero attached hydrogens (tertiary/aromatic N) is 2. The molecule has 0 saturated carbocycles. The Morgan fingerprint density at radius 3 is 3.00 bits per heavy atom. The van der Waals surface area contributed by atoms with E-state index >= 15 is 0 Å². The molecule has 0 aliphatic rings. The molecular formula is C9H6N2O3. The van der Waals surface area contributed by atoms with E-state index in [-0.39, 0.29) is 11.4 Å². The van der Waals surface area contributed by atoms with Gasteiger partial charge in [-0.05, 0) is 12.1 Å². The molecule has 0 bridgehead atoms. The molecule has 0 fully saturated rings. The minimum absolute atomic E-state index is 0.244. The Morgan fingerprint density at radius 1 is 1.43 bits per heavy atom. The molecule has 5 heteroatoms. The van der Waals surface area contributed by atoms with Gasteiger partial charge in [0.25, 0.3) is 0 Å². The van der Waals surface area contributed by atoms with Gasteiger partial charge in [0.2, 0.25) is 0 Å². The van der Waals surface area contributed by atoms with Crippen molar-refractivity contribution in [3.8, 4) is 5.75 Å². The van der Waals surface area contributed by atoms with Gasteiger partial charge < -0.3 is 9.26 Å². The number of hydrogen-bond donors (Lipinski definition) is 0. The summed E-state index contributed by atoms with van der Waals surface area (Å²) in [6, 6.07) is 4.99. The monoisotopic (exact) mass is 190 g/mol. The molecule has 0 spiro atoms. The third-order valence-electron chi connectivity index (χ3n) is 1.49. The number of hydrogen-bond acceptors (Lipinski definition) is 5. The van der Waals surface area contributed by atoms with Crippen molar-refractivity contribution in [3.05, 3.63) is 42.5 Å². The first-order valence-electron chi connectivity index (χ1n) is 3.89. The van der Waals surface area contributed by atoms with Crippen molar-refractivity contribution in [2.45, 2.75) is 0 Å². The average molecular weight is 190 g/mol. The van der Waals surface area contributed by atoms with E-state index < -0.39 is 5.97 Å². The van der Waals surface area contributed by atoms with Crippen molar-refractivity contribution in [1.82, 2.24) is 10.1 Å². The van der Waals surface area contributed by atoms with Gasteiger partial charge in [0.15, 0.2) is 12.0 Å². The quantitative estimate of drug-likeness (QED) is 0.667. The van der Waals surface area contributed by atoms with Crippen LogP contribution in [0.3, 0.4) is 0 Å². The lowest BCUT2D eigenvalue weighted by Gasteiger charge is -1.98. The molecular weight excluding hydrogens is 184 g/mol. The number of esters is 1. The van der Waals surface area contributed by atoms with Crippen molar-refractivity contribution < 1.29 is 14.1 Å². The van der Waals surface area contributed by atoms with Crippen LogP contribution in [0.25, 0.3) is 0 Å². The Labute approximate surface area is 79.3 Å². The van der Waals surface area contributed by atoms with E-state index in [9.17, 15) is 4.79 Å². The maximum absolute atomic E-state index is 11.4. The summed E-state index contributed by atoms with van der Waals surface area (Å²) >= 11 is 0. The average Bonchev–Trinajstić information content (AvgIpc) is 2.72. The highest BCUT2D eigenvalue weighted by Crippen LogP contribution is 2.09. The minimum Gasteiger partial charge on any atom is -0.417 e. The van der Waals surface area contributed by atoms with E-state index in [1.165, 1.54) is 18.7 Å². The van der Waals surface area contributed by atoms with Crippen LogP contribution in [0, 0.1) is 0 Å². The van der Waals surface area contributed by atoms with Crippen LogP contribution in [0.2, 0.25) is 0 Å². The highest BCUT2D eigenvalue weighted by atomic mass is 16.6. The first-order chi connectivity index (χ1) is 6.86. The third-order valence-corrected chi connectivity index (χ3v) is 1.49. The fraction of sp³-hybridized carbons (Fsp3) is 0. The standard InChI is InChI=1S/C9H6N2O3/c12-9(8-3-1-2-4-10-8)14-7-5-11-13-6-7/h1-6H. The predicted octanol–water partition coefficient (Wildman–Crippen LogP) is 1.29. The van der Waals surface area contributed by atoms with Gasteiger partial charge in [-0.25, -0.2) is 9.78 Å². The molecule has 2 aromatic heterocycles. The van der Waals surface area contributed by atoms with E-state index in [0.717, 1.165) is 0 Å². The lowest BCUT2D eigenvalue weighted by molar-refractivity contribution is 0.0727. The summed E-state index contributed by atoms with van der Waals surface area (Å²) in [4.78, 5) is 15.2. The molecule has 0 amide bonds. The second kappa shape index (κ2) is 3.69. The van der Waals surface area contributed by atoms with Gasteiger partial charge in [-0.1, -0.05) is 11.2 Å². The summed E-state index contributed by atoms with van der Waals surface area (Å²) in [6.07, 6.45) is 4.06. The number of ether oxygens (including phenoxy) is 1. The first kappa shape index (κ1) is 8.43. The Bertz CT molecular complexity index is 411. The Hall–Kier alpha value is -2.17. The molecule has 2 aromatic rings. The summed E-state index contributed by atoms with van der Waals surface area (Å²) < 4.78 is 9.39. The number of aromatic nitrogens is 2. The molecule has 0 radical (unpaired) electrons. The fourth-order valence-electron chi connectivity index (χ4n) is 0.888. The van der Waals surface area contributed by atoms with Crippen LogP contribution in [0.15, 0.2) is 41.4 Å². The molecule has 5 nitrogen and oxygen atoms in total. The normalized spacial score (nSPS) is 9.71. The van der Waals surface area contributed by atoms with Crippen molar-refractivity contribution in [2.24, 2.45) is 0 Å². The van der Waals surface area contributed by atoms with Crippen molar-refractivity contribution in [2.75, 3.05) is 0 Å². The highest BCUT2D eigenvalue weighted by molar-refractivity contribution is 5.88. The van der Waals surface area contributed by atoms with Crippen LogP contribution in [0.4, 0.5) is 0 Å². The zero-order chi connectivity index (χ0) is 9.80. The molecule has 0 N–H and O–H groups in total. The lowest BCUT2D eigenvalue weighted by atomic mass is 10.3. The maximum atomic E-state index is 11.4. The summed E-state index contributed by atoms with van der Waals surface area (Å²) in [5, 5.41) is 3.40. The lowest BCUT2D eigenvalue weighted by Crippen LogP contribution is -2.09. The second-order valence-corrected chi connectivity index (χ2v) is 2.46. The Kier molecular flexibility index (Phi) is 2.22. The minimum atomic E-state index is -0.534. The van der Waals surface area contributed by atoms with Crippen LogP contribution >= 0.6 is 0 Å². The van der Waals surface area contributed by atoms with Gasteiger partial charge >= 0.3 is 5.97 Å². The van der Waals surface area contributed by atoms with Gasteiger partial charge in [0.1, 0.15) is 11.9 Å². The van der Waals surface area contributed by atoms with Crippen molar-refractivity contribution in [3.63, 3.8) is 0 Å². The largest absolute Gasteiger partial charge is 0.417 e. The van der Waals surface area contributed by atoms with E-state index in [1.807, 2.05) is 0 Å². The molecule has 0 unspecified atom stereocenters. The van der Waals surface area contributed by atoms with E-state index in [0.29, 0.717) is 0 Å². The topological polar surface area (TPSA) is 65.2 Å². The van der Waals surface area contributed by atoms with E-state index in [1.54, 1.807) is 18.2 Å². The van der Waals surface area contributed by atoms with Crippen LogP contribution in [-0.4, -0.2) is 16.1 Å². The number of carbonyl (C=O) groups is 1. The Morgan fingerprint density at radius 2 is 2.36 bits per heavy atom. The zero-order valence-corrected chi connectivity index (χ0v) is 7.08. The summed E-state index contributed by atoms with van der Waals surface area (Å²) in [5.41, 5.74) is 0.244. The number of rotatable bonds is 2. The summed E-state index contributed by atoms with van der Waals surface area (Å²) in [5.74, 6) is -0.269. The summed E-state index contributed by atoms with van der Waals surface area (Å²) in [7, 11) is 0. The van der Waals surface area contributed by atoms with Crippen molar-refractivity contribution in [1.29, 1.82) is 0 Å². The zero-order valence-electron chi connectivity index (χ0n) is 7.08. The van der Waals surface area contributed by atoms with Gasteiger partial charge in [-0.2, -0.15) is 0 Å². The Balaban J connectivity index is 2.11. The molecule has 70 valence electrons. The number of carbonyl (C=O) groups excluding carboxylic acids is 1. The van der Waals surface area contributed by atoms with E-state index in [4.69, 9.17) is 4.74 Å². The van der Waals surface area contributed by atoms with Gasteiger partial charge in [0, 0.05) is 6.20 Å². The molecule has 2 heterocycles. The van der Waals surface area contributed by atoms with Crippen LogP contribution in [-0.2, 0) is 0 Å². The van der Waals surface area contributed by atoms with Crippen molar-refractivity contribution >= 4 is 5.97 Å². The van der Waals surface area contributed by atoms with Crippen LogP contribution < -0.4 is 4.74 Å². The highest BCUT2D eigenvalue weighted by Gasteiger charge is 2.09. The van der Waals surface area contributed by atoms with Crippen LogP contribution in [0.5, 0.6) is 5.75 Å². The fourth-order valence-corrected chi connectivity index (χ4v) is 0.888. The van der Waals surface area contributed by atoms with Gasteiger partial charge in [-0.3, -0.25) is 0 Å². The summed E-state index contributed by atoms with van der Waals surface area (Å²) in [6.45, 7) is 0. The molecule has 0 aliphatic heterocycles. The molecule has 0 saturated heterocycles. The van der Waals surface area contributed by atoms with Gasteiger partial charge in [-0.15, -0.1) is 0 Å². The molecule has 14 heavy (non-hydrogen) atoms. The maximum Gasteiger partial charge on any atom is 0.362 e. The van der Waals surface area contributed by atoms with Crippen LogP contribution in [0.1, 0.15) is 10.5 Å². The second-order valence-electron chi connectivity index (χ2n) is 2.46. The molecule has 0 aliphatic carbocycles. The molecule has 0 aromatic carbocycles. The molecule has 2 rings (SSSR count). The SMILES string of the molecule is O=C(Oc1cnoc1)c1ccccn1. The molecule has 0 atom stereocenters. The third kappa shape index (κ3) is 1.77. The first-order valence-corrected chi connectivity index (χ1v) is 3.89. The van der Waals surface area contributed by atoms with Gasteiger partial charge in [0.05, 0.1) is 0 Å². The number of pyridine rings is 1. The predicted molar refractivity (Wildman–Crippen MR) is 45.7 cm³/mol.